The molecule has 2 aromatic carbocycles. The summed E-state index contributed by atoms with van der Waals surface area (Å²) in [7, 11) is 0. The van der Waals surface area contributed by atoms with Gasteiger partial charge in [-0.15, -0.1) is 5.10 Å². The zero-order valence-corrected chi connectivity index (χ0v) is 16.4. The monoisotopic (exact) mass is 438 g/mol. The molecule has 8 nitrogen and oxygen atoms in total. The van der Waals surface area contributed by atoms with Crippen LogP contribution in [-0.4, -0.2) is 28.0 Å². The van der Waals surface area contributed by atoms with Gasteiger partial charge in [0.05, 0.1) is 26.9 Å². The Hall–Kier alpha value is -2.62. The van der Waals surface area contributed by atoms with Crippen LogP contribution in [0.5, 0.6) is 5.75 Å². The molecule has 0 aromatic heterocycles. The lowest BCUT2D eigenvalue weighted by Crippen LogP contribution is -2.19. The van der Waals surface area contributed by atoms with E-state index < -0.39 is 4.92 Å². The molecule has 1 amide bonds. The van der Waals surface area contributed by atoms with Gasteiger partial charge in [-0.2, -0.15) is 5.10 Å². The van der Waals surface area contributed by atoms with Crippen molar-refractivity contribution >= 4 is 57.9 Å². The van der Waals surface area contributed by atoms with Crippen LogP contribution in [-0.2, 0) is 11.4 Å². The van der Waals surface area contributed by atoms with E-state index in [9.17, 15) is 14.9 Å². The third-order valence-corrected chi connectivity index (χ3v) is 5.10. The van der Waals surface area contributed by atoms with Gasteiger partial charge in [-0.3, -0.25) is 14.9 Å². The number of nitrogens with one attached hydrogen (secondary N) is 1. The highest BCUT2D eigenvalue weighted by Crippen LogP contribution is 2.29. The minimum Gasteiger partial charge on any atom is -0.482 e. The fourth-order valence-corrected chi connectivity index (χ4v) is 3.15. The molecule has 3 rings (SSSR count). The lowest BCUT2D eigenvalue weighted by molar-refractivity contribution is -0.385. The number of benzene rings is 2. The lowest BCUT2D eigenvalue weighted by atomic mass is 10.2. The first-order valence-electron chi connectivity index (χ1n) is 7.81. The van der Waals surface area contributed by atoms with Crippen molar-refractivity contribution in [2.24, 2.45) is 10.2 Å². The highest BCUT2D eigenvalue weighted by Gasteiger charge is 2.17. The van der Waals surface area contributed by atoms with Crippen LogP contribution < -0.4 is 10.1 Å². The largest absolute Gasteiger partial charge is 0.482 e. The fourth-order valence-electron chi connectivity index (χ4n) is 2.20. The number of halogens is 2. The molecule has 0 bridgehead atoms. The molecule has 1 saturated heterocycles. The van der Waals surface area contributed by atoms with Crippen LogP contribution >= 0.6 is 35.0 Å². The van der Waals surface area contributed by atoms with Gasteiger partial charge in [-0.25, -0.2) is 0 Å². The number of ether oxygens (including phenoxy) is 1. The number of amidine groups is 1. The number of nitrogens with zero attached hydrogens (tertiary/aromatic N) is 3. The predicted octanol–water partition coefficient (Wildman–Crippen LogP) is 4.03. The summed E-state index contributed by atoms with van der Waals surface area (Å²) >= 11 is 13.1. The summed E-state index contributed by atoms with van der Waals surface area (Å²) in [5.74, 6) is 0.265. The van der Waals surface area contributed by atoms with E-state index in [1.165, 1.54) is 30.1 Å². The number of carbonyl (C=O) groups is 1. The first-order chi connectivity index (χ1) is 13.4. The van der Waals surface area contributed by atoms with Crippen LogP contribution in [0.25, 0.3) is 0 Å². The quantitative estimate of drug-likeness (QED) is 0.416. The molecule has 1 fully saturated rings. The summed E-state index contributed by atoms with van der Waals surface area (Å²) in [6, 6.07) is 9.41. The third-order valence-electron chi connectivity index (χ3n) is 3.50. The Morgan fingerprint density at radius 1 is 1.25 bits per heavy atom. The summed E-state index contributed by atoms with van der Waals surface area (Å²) in [5.41, 5.74) is 0.980. The third kappa shape index (κ3) is 5.22. The average Bonchev–Trinajstić information content (AvgIpc) is 3.08. The second-order valence-corrected chi connectivity index (χ2v) is 7.29. The first-order valence-corrected chi connectivity index (χ1v) is 9.55. The number of thioether (sulfide) groups is 1. The van der Waals surface area contributed by atoms with Gasteiger partial charge in [0, 0.05) is 11.6 Å². The Bertz CT molecular complexity index is 997. The van der Waals surface area contributed by atoms with E-state index in [4.69, 9.17) is 27.9 Å². The Morgan fingerprint density at radius 3 is 2.75 bits per heavy atom. The van der Waals surface area contributed by atoms with Crippen molar-refractivity contribution in [2.45, 2.75) is 6.61 Å². The molecule has 0 spiro atoms. The zero-order valence-electron chi connectivity index (χ0n) is 14.1. The molecule has 1 N–H and O–H groups in total. The van der Waals surface area contributed by atoms with Gasteiger partial charge >= 0.3 is 5.69 Å². The average molecular weight is 439 g/mol. The maximum absolute atomic E-state index is 11.4. The Labute approximate surface area is 173 Å². The number of rotatable bonds is 6. The van der Waals surface area contributed by atoms with Crippen LogP contribution in [0.4, 0.5) is 5.69 Å². The fraction of sp³-hybridized carbons (Fsp3) is 0.118. The minimum atomic E-state index is -0.541. The molecule has 0 unspecified atom stereocenters. The lowest BCUT2D eigenvalue weighted by Gasteiger charge is -2.08. The molecule has 0 atom stereocenters. The van der Waals surface area contributed by atoms with Gasteiger partial charge in [0.15, 0.2) is 10.9 Å². The summed E-state index contributed by atoms with van der Waals surface area (Å²) in [6.45, 7) is 0.0930. The number of hydrogen-bond acceptors (Lipinski definition) is 7. The smallest absolute Gasteiger partial charge is 0.311 e. The van der Waals surface area contributed by atoms with E-state index in [1.807, 2.05) is 0 Å². The van der Waals surface area contributed by atoms with E-state index in [2.05, 4.69) is 15.5 Å². The highest BCUT2D eigenvalue weighted by molar-refractivity contribution is 8.15. The summed E-state index contributed by atoms with van der Waals surface area (Å²) in [5, 5.41) is 22.8. The molecular weight excluding hydrogens is 427 g/mol. The van der Waals surface area contributed by atoms with Crippen molar-refractivity contribution in [3.8, 4) is 5.75 Å². The second-order valence-electron chi connectivity index (χ2n) is 5.51. The molecule has 11 heteroatoms. The van der Waals surface area contributed by atoms with Crippen molar-refractivity contribution in [2.75, 3.05) is 5.75 Å². The first kappa shape index (κ1) is 20.1. The Balaban J connectivity index is 1.72. The molecule has 0 radical (unpaired) electrons. The number of hydrogen-bond donors (Lipinski definition) is 1. The van der Waals surface area contributed by atoms with Crippen LogP contribution in [0, 0.1) is 10.1 Å². The van der Waals surface area contributed by atoms with Crippen molar-refractivity contribution in [3.05, 3.63) is 67.7 Å². The van der Waals surface area contributed by atoms with Gasteiger partial charge < -0.3 is 10.1 Å². The van der Waals surface area contributed by atoms with Crippen molar-refractivity contribution in [1.29, 1.82) is 0 Å². The maximum atomic E-state index is 11.4. The van der Waals surface area contributed by atoms with Crippen LogP contribution in [0.1, 0.15) is 11.1 Å². The Morgan fingerprint density at radius 2 is 2.07 bits per heavy atom. The molecule has 1 aliphatic heterocycles. The minimum absolute atomic E-state index is 0.0930. The molecule has 2 aromatic rings. The number of amides is 1. The summed E-state index contributed by atoms with van der Waals surface area (Å²) in [4.78, 5) is 21.9. The molecule has 0 aliphatic carbocycles. The van der Waals surface area contributed by atoms with Gasteiger partial charge in [0.2, 0.25) is 5.91 Å². The SMILES string of the molecule is O=C1CSC(=NN=Cc2ccc(OCc3ccc(Cl)c(Cl)c3)c([N+](=O)[O-])c2)N1. The van der Waals surface area contributed by atoms with Gasteiger partial charge in [-0.1, -0.05) is 41.0 Å². The highest BCUT2D eigenvalue weighted by atomic mass is 35.5. The molecule has 0 saturated carbocycles. The van der Waals surface area contributed by atoms with Crippen LogP contribution in [0.3, 0.4) is 0 Å². The number of nitro benzene ring substituents is 1. The van der Waals surface area contributed by atoms with E-state index in [-0.39, 0.29) is 24.0 Å². The normalized spacial score (nSPS) is 15.2. The van der Waals surface area contributed by atoms with Crippen molar-refractivity contribution in [1.82, 2.24) is 5.32 Å². The maximum Gasteiger partial charge on any atom is 0.311 e. The number of carbonyl (C=O) groups excluding carboxylic acids is 1. The molecule has 1 aliphatic rings. The molecule has 144 valence electrons. The summed E-state index contributed by atoms with van der Waals surface area (Å²) < 4.78 is 5.57. The summed E-state index contributed by atoms with van der Waals surface area (Å²) in [6.07, 6.45) is 1.35. The second kappa shape index (κ2) is 9.05. The van der Waals surface area contributed by atoms with Crippen LogP contribution in [0.2, 0.25) is 10.0 Å². The standard InChI is InChI=1S/C17H12Cl2N4O4S/c18-12-3-1-11(5-13(12)19)8-27-15-4-2-10(6-14(15)23(25)26)7-20-22-17-21-16(24)9-28-17/h1-7H,8-9H2,(H,21,22,24). The molecular formula is C17H12Cl2N4O4S. The molecule has 1 heterocycles. The van der Waals surface area contributed by atoms with Gasteiger partial charge in [0.25, 0.3) is 0 Å². The molecule has 28 heavy (non-hydrogen) atoms. The van der Waals surface area contributed by atoms with E-state index in [0.717, 1.165) is 5.56 Å². The zero-order chi connectivity index (χ0) is 20.1. The van der Waals surface area contributed by atoms with Gasteiger partial charge in [0.1, 0.15) is 6.61 Å². The number of nitro groups is 1. The topological polar surface area (TPSA) is 106 Å². The van der Waals surface area contributed by atoms with Crippen LogP contribution in [0.15, 0.2) is 46.6 Å². The van der Waals surface area contributed by atoms with E-state index >= 15 is 0 Å². The predicted molar refractivity (Wildman–Crippen MR) is 110 cm³/mol. The Kier molecular flexibility index (Phi) is 6.50. The van der Waals surface area contributed by atoms with Crippen molar-refractivity contribution in [3.63, 3.8) is 0 Å². The van der Waals surface area contributed by atoms with E-state index in [0.29, 0.717) is 26.5 Å². The van der Waals surface area contributed by atoms with Gasteiger partial charge in [-0.05, 0) is 29.8 Å². The van der Waals surface area contributed by atoms with E-state index in [1.54, 1.807) is 24.3 Å². The van der Waals surface area contributed by atoms with Crippen molar-refractivity contribution < 1.29 is 14.5 Å².